The van der Waals surface area contributed by atoms with E-state index in [4.69, 9.17) is 0 Å². The van der Waals surface area contributed by atoms with E-state index in [1.54, 1.807) is 0 Å². The molecule has 140 valence electrons. The third kappa shape index (κ3) is 8.24. The summed E-state index contributed by atoms with van der Waals surface area (Å²) in [6.07, 6.45) is 5.18. The molecule has 1 aliphatic heterocycles. The fourth-order valence-electron chi connectivity index (χ4n) is 2.52. The second-order valence-corrected chi connectivity index (χ2v) is 8.45. The van der Waals surface area contributed by atoms with Gasteiger partial charge in [0.1, 0.15) is 0 Å². The number of carbonyl (C=O) groups excluding carboxylic acids is 1. The van der Waals surface area contributed by atoms with Gasteiger partial charge in [0.25, 0.3) is 0 Å². The minimum atomic E-state index is 0.139. The van der Waals surface area contributed by atoms with Crippen LogP contribution in [0.3, 0.4) is 0 Å². The maximum absolute atomic E-state index is 11.8. The Balaban J connectivity index is 2.30. The predicted molar refractivity (Wildman–Crippen MR) is 105 cm³/mol. The Morgan fingerprint density at radius 1 is 1.29 bits per heavy atom. The van der Waals surface area contributed by atoms with Crippen molar-refractivity contribution >= 4 is 23.6 Å². The number of aliphatic imine (C=N–C) groups is 1. The third-order valence-corrected chi connectivity index (χ3v) is 5.58. The monoisotopic (exact) mass is 357 g/mol. The molecule has 3 N–H and O–H groups in total. The lowest BCUT2D eigenvalue weighted by molar-refractivity contribution is -0.122. The zero-order valence-electron chi connectivity index (χ0n) is 15.9. The number of nitrogens with one attached hydrogen (secondary N) is 3. The summed E-state index contributed by atoms with van der Waals surface area (Å²) in [5.41, 5.74) is 0. The Kier molecular flexibility index (Phi) is 9.51. The number of nitrogens with zero attached hydrogens (tertiary/aromatic N) is 2. The van der Waals surface area contributed by atoms with Crippen LogP contribution in [0.25, 0.3) is 0 Å². The lowest BCUT2D eigenvalue weighted by Crippen LogP contribution is -2.51. The lowest BCUT2D eigenvalue weighted by Gasteiger charge is -2.33. The number of hydrogen-bond acceptors (Lipinski definition) is 4. The minimum absolute atomic E-state index is 0.139. The van der Waals surface area contributed by atoms with Crippen molar-refractivity contribution in [1.82, 2.24) is 20.9 Å². The van der Waals surface area contributed by atoms with Crippen LogP contribution in [0, 0.1) is 0 Å². The highest BCUT2D eigenvalue weighted by molar-refractivity contribution is 7.99. The fraction of sp³-hybridized carbons (Fsp3) is 0.882. The van der Waals surface area contributed by atoms with Gasteiger partial charge in [-0.1, -0.05) is 6.92 Å². The van der Waals surface area contributed by atoms with E-state index in [1.807, 2.05) is 18.8 Å². The van der Waals surface area contributed by atoms with E-state index in [0.717, 1.165) is 51.4 Å². The van der Waals surface area contributed by atoms with Gasteiger partial charge in [-0.3, -0.25) is 14.7 Å². The number of hydrogen-bond donors (Lipinski definition) is 3. The van der Waals surface area contributed by atoms with Gasteiger partial charge in [0, 0.05) is 44.0 Å². The molecule has 1 heterocycles. The van der Waals surface area contributed by atoms with Gasteiger partial charge in [0.15, 0.2) is 5.96 Å². The molecule has 0 spiro atoms. The van der Waals surface area contributed by atoms with Gasteiger partial charge in [0.2, 0.25) is 5.91 Å². The summed E-state index contributed by atoms with van der Waals surface area (Å²) >= 11 is 1.85. The summed E-state index contributed by atoms with van der Waals surface area (Å²) in [5.74, 6) is 1.01. The molecule has 0 radical (unpaired) electrons. The molecule has 0 aromatic rings. The number of amides is 1. The van der Waals surface area contributed by atoms with Gasteiger partial charge in [-0.05, 0) is 39.4 Å². The zero-order chi connectivity index (χ0) is 18.0. The molecule has 0 bridgehead atoms. The van der Waals surface area contributed by atoms with Crippen LogP contribution in [0.5, 0.6) is 0 Å². The first kappa shape index (κ1) is 21.1. The molecule has 7 heteroatoms. The topological polar surface area (TPSA) is 68.8 Å². The van der Waals surface area contributed by atoms with Crippen LogP contribution < -0.4 is 16.0 Å². The summed E-state index contributed by atoms with van der Waals surface area (Å²) in [6.45, 7) is 10.6. The van der Waals surface area contributed by atoms with E-state index in [0.29, 0.717) is 12.6 Å². The van der Waals surface area contributed by atoms with E-state index >= 15 is 0 Å². The van der Waals surface area contributed by atoms with Crippen molar-refractivity contribution in [2.24, 2.45) is 4.99 Å². The minimum Gasteiger partial charge on any atom is -0.355 e. The molecule has 6 nitrogen and oxygen atoms in total. The molecule has 1 aliphatic rings. The van der Waals surface area contributed by atoms with Crippen molar-refractivity contribution < 1.29 is 4.79 Å². The smallest absolute Gasteiger partial charge is 0.234 e. The van der Waals surface area contributed by atoms with Crippen LogP contribution in [0.4, 0.5) is 0 Å². The predicted octanol–water partition coefficient (Wildman–Crippen LogP) is 1.28. The average molecular weight is 358 g/mol. The largest absolute Gasteiger partial charge is 0.355 e. The number of carbonyl (C=O) groups is 1. The number of guanidine groups is 1. The van der Waals surface area contributed by atoms with Crippen molar-refractivity contribution in [3.8, 4) is 0 Å². The van der Waals surface area contributed by atoms with Crippen molar-refractivity contribution in [3.63, 3.8) is 0 Å². The molecule has 0 saturated carbocycles. The number of piperidine rings is 1. The van der Waals surface area contributed by atoms with Gasteiger partial charge in [0.05, 0.1) is 6.54 Å². The maximum atomic E-state index is 11.8. The van der Waals surface area contributed by atoms with Gasteiger partial charge < -0.3 is 16.0 Å². The van der Waals surface area contributed by atoms with Crippen molar-refractivity contribution in [2.75, 3.05) is 46.0 Å². The molecule has 0 aliphatic carbocycles. The van der Waals surface area contributed by atoms with Crippen LogP contribution in [-0.2, 0) is 4.79 Å². The van der Waals surface area contributed by atoms with Crippen molar-refractivity contribution in [1.29, 1.82) is 0 Å². The molecule has 24 heavy (non-hydrogen) atoms. The molecule has 1 saturated heterocycles. The first-order chi connectivity index (χ1) is 11.4. The fourth-order valence-corrected chi connectivity index (χ4v) is 2.73. The van der Waals surface area contributed by atoms with E-state index < -0.39 is 0 Å². The molecule has 0 unspecified atom stereocenters. The SMILES string of the molecule is CCCNC(=O)CN1CCC(NC(=NC)NCC(C)(C)SC)CC1. The average Bonchev–Trinajstić information content (AvgIpc) is 2.58. The number of thioether (sulfide) groups is 1. The maximum Gasteiger partial charge on any atom is 0.234 e. The highest BCUT2D eigenvalue weighted by atomic mass is 32.2. The van der Waals surface area contributed by atoms with Gasteiger partial charge >= 0.3 is 0 Å². The Morgan fingerprint density at radius 2 is 1.96 bits per heavy atom. The Labute approximate surface area is 151 Å². The molecule has 0 atom stereocenters. The van der Waals surface area contributed by atoms with Gasteiger partial charge in [-0.25, -0.2) is 0 Å². The quantitative estimate of drug-likeness (QED) is 0.451. The van der Waals surface area contributed by atoms with E-state index in [-0.39, 0.29) is 10.7 Å². The Hall–Kier alpha value is -0.950. The summed E-state index contributed by atoms with van der Waals surface area (Å²) < 4.78 is 0.187. The number of rotatable bonds is 8. The first-order valence-corrected chi connectivity index (χ1v) is 10.1. The molecular weight excluding hydrogens is 322 g/mol. The standard InChI is InChI=1S/C17H35N5OS/c1-6-9-19-15(23)12-22-10-7-14(8-11-22)21-16(18-4)20-13-17(2,3)24-5/h14H,6-13H2,1-5H3,(H,19,23)(H2,18,20,21). The molecule has 1 fully saturated rings. The van der Waals surface area contributed by atoms with E-state index in [2.05, 4.69) is 52.9 Å². The van der Waals surface area contributed by atoms with Crippen LogP contribution in [0.15, 0.2) is 4.99 Å². The van der Waals surface area contributed by atoms with Crippen molar-refractivity contribution in [3.05, 3.63) is 0 Å². The van der Waals surface area contributed by atoms with E-state index in [9.17, 15) is 4.79 Å². The van der Waals surface area contributed by atoms with Gasteiger partial charge in [-0.2, -0.15) is 11.8 Å². The molecule has 1 rings (SSSR count). The van der Waals surface area contributed by atoms with Gasteiger partial charge in [-0.15, -0.1) is 0 Å². The molecular formula is C17H35N5OS. The summed E-state index contributed by atoms with van der Waals surface area (Å²) in [4.78, 5) is 18.3. The molecule has 0 aromatic heterocycles. The second kappa shape index (κ2) is 10.8. The van der Waals surface area contributed by atoms with Crippen LogP contribution >= 0.6 is 11.8 Å². The highest BCUT2D eigenvalue weighted by Gasteiger charge is 2.22. The number of likely N-dealkylation sites (tertiary alicyclic amines) is 1. The molecule has 0 aromatic carbocycles. The van der Waals surface area contributed by atoms with Crippen molar-refractivity contribution in [2.45, 2.75) is 50.8 Å². The third-order valence-electron chi connectivity index (χ3n) is 4.33. The molecule has 1 amide bonds. The van der Waals surface area contributed by atoms with Crippen LogP contribution in [-0.4, -0.2) is 73.6 Å². The zero-order valence-corrected chi connectivity index (χ0v) is 16.8. The van der Waals surface area contributed by atoms with E-state index in [1.165, 1.54) is 0 Å². The summed E-state index contributed by atoms with van der Waals surface area (Å²) in [7, 11) is 1.81. The summed E-state index contributed by atoms with van der Waals surface area (Å²) in [5, 5.41) is 9.87. The lowest BCUT2D eigenvalue weighted by atomic mass is 10.1. The van der Waals surface area contributed by atoms with Crippen LogP contribution in [0.2, 0.25) is 0 Å². The Morgan fingerprint density at radius 3 is 2.50 bits per heavy atom. The first-order valence-electron chi connectivity index (χ1n) is 8.91. The van der Waals surface area contributed by atoms with Crippen LogP contribution in [0.1, 0.15) is 40.0 Å². The highest BCUT2D eigenvalue weighted by Crippen LogP contribution is 2.19. The summed E-state index contributed by atoms with van der Waals surface area (Å²) in [6, 6.07) is 0.420. The Bertz CT molecular complexity index is 406. The second-order valence-electron chi connectivity index (χ2n) is 6.93. The normalized spacial score (nSPS) is 17.6.